The van der Waals surface area contributed by atoms with E-state index in [0.717, 1.165) is 11.3 Å². The molecule has 0 bridgehead atoms. The predicted octanol–water partition coefficient (Wildman–Crippen LogP) is 3.30. The first-order chi connectivity index (χ1) is 9.60. The number of rotatable bonds is 5. The fourth-order valence-electron chi connectivity index (χ4n) is 1.90. The summed E-state index contributed by atoms with van der Waals surface area (Å²) in [5.41, 5.74) is 7.13. The number of nitrogens with two attached hydrogens (primary N) is 1. The highest BCUT2D eigenvalue weighted by molar-refractivity contribution is 5.30. The topological polar surface area (TPSA) is 44.5 Å². The molecule has 4 heteroatoms. The average molecular weight is 275 g/mol. The number of halogens is 1. The van der Waals surface area contributed by atoms with Crippen molar-refractivity contribution in [3.8, 4) is 11.5 Å². The smallest absolute Gasteiger partial charge is 0.123 e. The van der Waals surface area contributed by atoms with Crippen LogP contribution in [-0.2, 0) is 0 Å². The highest BCUT2D eigenvalue weighted by Crippen LogP contribution is 2.22. The fraction of sp³-hybridized carbons (Fsp3) is 0.250. The van der Waals surface area contributed by atoms with Crippen molar-refractivity contribution in [3.05, 3.63) is 59.9 Å². The molecule has 2 aromatic carbocycles. The van der Waals surface area contributed by atoms with Crippen molar-refractivity contribution in [1.82, 2.24) is 0 Å². The van der Waals surface area contributed by atoms with Crippen molar-refractivity contribution in [3.63, 3.8) is 0 Å². The van der Waals surface area contributed by atoms with Gasteiger partial charge in [-0.3, -0.25) is 0 Å². The molecule has 0 aromatic heterocycles. The molecule has 2 atom stereocenters. The van der Waals surface area contributed by atoms with Crippen LogP contribution in [0.3, 0.4) is 0 Å². The Balaban J connectivity index is 2.03. The van der Waals surface area contributed by atoms with Gasteiger partial charge in [0.1, 0.15) is 23.4 Å². The van der Waals surface area contributed by atoms with Crippen LogP contribution in [0.4, 0.5) is 4.39 Å². The molecule has 0 aliphatic carbocycles. The molecule has 106 valence electrons. The standard InChI is InChI=1S/C16H18FNO2/c1-11(20-15-9-5-13(17)6-10-15)16(18)12-3-7-14(19-2)8-4-12/h3-11,16H,18H2,1-2H3. The monoisotopic (exact) mass is 275 g/mol. The third kappa shape index (κ3) is 3.48. The first-order valence-corrected chi connectivity index (χ1v) is 6.42. The Morgan fingerprint density at radius 3 is 2.05 bits per heavy atom. The third-order valence-corrected chi connectivity index (χ3v) is 3.14. The maximum absolute atomic E-state index is 12.8. The summed E-state index contributed by atoms with van der Waals surface area (Å²) < 4.78 is 23.7. The van der Waals surface area contributed by atoms with Gasteiger partial charge in [0.15, 0.2) is 0 Å². The largest absolute Gasteiger partial charge is 0.497 e. The van der Waals surface area contributed by atoms with Gasteiger partial charge in [-0.05, 0) is 48.9 Å². The van der Waals surface area contributed by atoms with Crippen LogP contribution in [0.1, 0.15) is 18.5 Å². The van der Waals surface area contributed by atoms with Gasteiger partial charge in [0.25, 0.3) is 0 Å². The van der Waals surface area contributed by atoms with E-state index in [1.165, 1.54) is 12.1 Å². The normalized spacial score (nSPS) is 13.6. The summed E-state index contributed by atoms with van der Waals surface area (Å²) in [6.45, 7) is 1.89. The maximum atomic E-state index is 12.8. The van der Waals surface area contributed by atoms with E-state index in [0.29, 0.717) is 5.75 Å². The molecule has 0 aliphatic rings. The zero-order chi connectivity index (χ0) is 14.5. The van der Waals surface area contributed by atoms with Crippen molar-refractivity contribution in [1.29, 1.82) is 0 Å². The minimum atomic E-state index is -0.288. The van der Waals surface area contributed by atoms with Crippen molar-refractivity contribution >= 4 is 0 Å². The Labute approximate surface area is 118 Å². The molecule has 0 radical (unpaired) electrons. The Bertz CT molecular complexity index is 539. The van der Waals surface area contributed by atoms with Crippen LogP contribution in [-0.4, -0.2) is 13.2 Å². The Kier molecular flexibility index (Phi) is 4.58. The van der Waals surface area contributed by atoms with Gasteiger partial charge in [-0.1, -0.05) is 12.1 Å². The molecule has 0 spiro atoms. The van der Waals surface area contributed by atoms with Crippen LogP contribution in [0.2, 0.25) is 0 Å². The minimum absolute atomic E-state index is 0.228. The maximum Gasteiger partial charge on any atom is 0.123 e. The molecular weight excluding hydrogens is 257 g/mol. The molecule has 0 amide bonds. The zero-order valence-corrected chi connectivity index (χ0v) is 11.5. The fourth-order valence-corrected chi connectivity index (χ4v) is 1.90. The lowest BCUT2D eigenvalue weighted by Gasteiger charge is -2.22. The summed E-state index contributed by atoms with van der Waals surface area (Å²) >= 11 is 0. The molecule has 2 N–H and O–H groups in total. The first kappa shape index (κ1) is 14.3. The van der Waals surface area contributed by atoms with Gasteiger partial charge in [-0.15, -0.1) is 0 Å². The lowest BCUT2D eigenvalue weighted by atomic mass is 10.0. The van der Waals surface area contributed by atoms with Crippen LogP contribution in [0, 0.1) is 5.82 Å². The summed E-state index contributed by atoms with van der Waals surface area (Å²) in [4.78, 5) is 0. The van der Waals surface area contributed by atoms with Crippen LogP contribution >= 0.6 is 0 Å². The molecule has 0 saturated carbocycles. The van der Waals surface area contributed by atoms with Crippen LogP contribution in [0.5, 0.6) is 11.5 Å². The van der Waals surface area contributed by atoms with Crippen LogP contribution in [0.15, 0.2) is 48.5 Å². The van der Waals surface area contributed by atoms with Crippen molar-refractivity contribution < 1.29 is 13.9 Å². The zero-order valence-electron chi connectivity index (χ0n) is 11.5. The molecule has 3 nitrogen and oxygen atoms in total. The van der Waals surface area contributed by atoms with E-state index >= 15 is 0 Å². The lowest BCUT2D eigenvalue weighted by Crippen LogP contribution is -2.28. The predicted molar refractivity (Wildman–Crippen MR) is 76.4 cm³/mol. The van der Waals surface area contributed by atoms with Crippen molar-refractivity contribution in [2.75, 3.05) is 7.11 Å². The third-order valence-electron chi connectivity index (χ3n) is 3.14. The Morgan fingerprint density at radius 1 is 0.950 bits per heavy atom. The molecule has 0 saturated heterocycles. The van der Waals surface area contributed by atoms with Gasteiger partial charge in [0.05, 0.1) is 13.2 Å². The second-order valence-electron chi connectivity index (χ2n) is 4.58. The highest BCUT2D eigenvalue weighted by Gasteiger charge is 2.16. The van der Waals surface area contributed by atoms with Gasteiger partial charge >= 0.3 is 0 Å². The second kappa shape index (κ2) is 6.39. The summed E-state index contributed by atoms with van der Waals surface area (Å²) in [5, 5.41) is 0. The molecule has 0 heterocycles. The van der Waals surface area contributed by atoms with Gasteiger partial charge < -0.3 is 15.2 Å². The Morgan fingerprint density at radius 2 is 1.50 bits per heavy atom. The minimum Gasteiger partial charge on any atom is -0.497 e. The molecule has 20 heavy (non-hydrogen) atoms. The molecular formula is C16H18FNO2. The van der Waals surface area contributed by atoms with E-state index < -0.39 is 0 Å². The van der Waals surface area contributed by atoms with Crippen LogP contribution in [0.25, 0.3) is 0 Å². The number of ether oxygens (including phenoxy) is 2. The first-order valence-electron chi connectivity index (χ1n) is 6.42. The summed E-state index contributed by atoms with van der Waals surface area (Å²) in [5.74, 6) is 1.10. The van der Waals surface area contributed by atoms with E-state index in [1.807, 2.05) is 31.2 Å². The number of benzene rings is 2. The van der Waals surface area contributed by atoms with Gasteiger partial charge in [-0.2, -0.15) is 0 Å². The molecule has 0 fully saturated rings. The van der Waals surface area contributed by atoms with Gasteiger partial charge in [-0.25, -0.2) is 4.39 Å². The van der Waals surface area contributed by atoms with E-state index in [4.69, 9.17) is 15.2 Å². The van der Waals surface area contributed by atoms with E-state index in [-0.39, 0.29) is 18.0 Å². The lowest BCUT2D eigenvalue weighted by molar-refractivity contribution is 0.190. The van der Waals surface area contributed by atoms with Crippen molar-refractivity contribution in [2.24, 2.45) is 5.73 Å². The van der Waals surface area contributed by atoms with Gasteiger partial charge in [0, 0.05) is 0 Å². The van der Waals surface area contributed by atoms with E-state index in [1.54, 1.807) is 19.2 Å². The van der Waals surface area contributed by atoms with Crippen LogP contribution < -0.4 is 15.2 Å². The number of methoxy groups -OCH3 is 1. The summed E-state index contributed by atoms with van der Waals surface area (Å²) in [7, 11) is 1.62. The molecule has 2 unspecified atom stereocenters. The van der Waals surface area contributed by atoms with E-state index in [2.05, 4.69) is 0 Å². The van der Waals surface area contributed by atoms with E-state index in [9.17, 15) is 4.39 Å². The summed E-state index contributed by atoms with van der Waals surface area (Å²) in [6.07, 6.45) is -0.228. The van der Waals surface area contributed by atoms with Gasteiger partial charge in [0.2, 0.25) is 0 Å². The SMILES string of the molecule is COc1ccc(C(N)C(C)Oc2ccc(F)cc2)cc1. The molecule has 0 aliphatic heterocycles. The summed E-state index contributed by atoms with van der Waals surface area (Å²) in [6, 6.07) is 13.2. The Hall–Kier alpha value is -2.07. The molecule has 2 aromatic rings. The van der Waals surface area contributed by atoms with Crippen molar-refractivity contribution in [2.45, 2.75) is 19.1 Å². The number of hydrogen-bond donors (Lipinski definition) is 1. The average Bonchev–Trinajstić information content (AvgIpc) is 2.49. The highest BCUT2D eigenvalue weighted by atomic mass is 19.1. The molecule has 2 rings (SSSR count). The second-order valence-corrected chi connectivity index (χ2v) is 4.58. The quantitative estimate of drug-likeness (QED) is 0.910. The number of hydrogen-bond acceptors (Lipinski definition) is 3.